The zero-order chi connectivity index (χ0) is 14.8. The van der Waals surface area contributed by atoms with Crippen molar-refractivity contribution in [3.05, 3.63) is 24.3 Å². The number of hydrogen-bond donors (Lipinski definition) is 1. The fourth-order valence-corrected chi connectivity index (χ4v) is 3.60. The van der Waals surface area contributed by atoms with Crippen molar-refractivity contribution in [3.8, 4) is 0 Å². The van der Waals surface area contributed by atoms with Crippen LogP contribution in [0.4, 0.5) is 5.69 Å². The van der Waals surface area contributed by atoms with Gasteiger partial charge >= 0.3 is 5.97 Å². The number of anilines is 1. The number of nitrogens with one attached hydrogen (secondary N) is 1. The number of nitrogens with zero attached hydrogens (tertiary/aromatic N) is 1. The SMILES string of the molecule is CC(C)OC(=O)CSC1=NS(=O)(=O)c2ccccc2N1. The second kappa shape index (κ2) is 5.84. The van der Waals surface area contributed by atoms with Crippen LogP contribution in [0, 0.1) is 0 Å². The smallest absolute Gasteiger partial charge is 0.316 e. The highest BCUT2D eigenvalue weighted by molar-refractivity contribution is 8.15. The summed E-state index contributed by atoms with van der Waals surface area (Å²) < 4.78 is 32.5. The maximum absolute atomic E-state index is 11.9. The maximum Gasteiger partial charge on any atom is 0.316 e. The Hall–Kier alpha value is -1.54. The molecule has 0 spiro atoms. The second-order valence-corrected chi connectivity index (χ2v) is 6.86. The number of rotatable bonds is 3. The molecule has 1 aliphatic rings. The number of carbonyl (C=O) groups excluding carboxylic acids is 1. The number of fused-ring (bicyclic) bond motifs is 1. The van der Waals surface area contributed by atoms with Crippen LogP contribution >= 0.6 is 11.8 Å². The predicted molar refractivity (Wildman–Crippen MR) is 78.4 cm³/mol. The molecule has 20 heavy (non-hydrogen) atoms. The molecule has 0 fully saturated rings. The molecule has 0 aliphatic carbocycles. The molecule has 1 aliphatic heterocycles. The first-order valence-corrected chi connectivity index (χ1v) is 8.34. The monoisotopic (exact) mass is 314 g/mol. The highest BCUT2D eigenvalue weighted by Gasteiger charge is 2.25. The molecule has 0 atom stereocenters. The molecule has 1 N–H and O–H groups in total. The summed E-state index contributed by atoms with van der Waals surface area (Å²) in [6.07, 6.45) is -0.200. The lowest BCUT2D eigenvalue weighted by molar-refractivity contribution is -0.144. The summed E-state index contributed by atoms with van der Waals surface area (Å²) in [6.45, 7) is 3.50. The summed E-state index contributed by atoms with van der Waals surface area (Å²) in [7, 11) is -3.71. The predicted octanol–water partition coefficient (Wildman–Crippen LogP) is 1.84. The Balaban J connectivity index is 2.09. The van der Waals surface area contributed by atoms with Gasteiger partial charge in [0.05, 0.1) is 17.5 Å². The van der Waals surface area contributed by atoms with Crippen molar-refractivity contribution >= 4 is 38.6 Å². The Bertz CT molecular complexity index is 653. The van der Waals surface area contributed by atoms with Gasteiger partial charge < -0.3 is 10.1 Å². The highest BCUT2D eigenvalue weighted by atomic mass is 32.2. The Morgan fingerprint density at radius 3 is 2.80 bits per heavy atom. The van der Waals surface area contributed by atoms with Crippen molar-refractivity contribution in [1.29, 1.82) is 0 Å². The van der Waals surface area contributed by atoms with Gasteiger partial charge in [-0.3, -0.25) is 4.79 Å². The summed E-state index contributed by atoms with van der Waals surface area (Å²) in [4.78, 5) is 11.6. The molecular weight excluding hydrogens is 300 g/mol. The summed E-state index contributed by atoms with van der Waals surface area (Å²) in [6, 6.07) is 6.48. The zero-order valence-electron chi connectivity index (χ0n) is 11.0. The number of para-hydroxylation sites is 1. The first-order chi connectivity index (χ1) is 9.38. The molecule has 1 aromatic carbocycles. The Morgan fingerprint density at radius 1 is 1.40 bits per heavy atom. The van der Waals surface area contributed by atoms with Crippen LogP contribution in [-0.4, -0.2) is 31.4 Å². The normalized spacial score (nSPS) is 16.1. The number of amidine groups is 1. The lowest BCUT2D eigenvalue weighted by Crippen LogP contribution is -2.21. The number of benzene rings is 1. The number of sulfonamides is 1. The van der Waals surface area contributed by atoms with E-state index in [4.69, 9.17) is 4.74 Å². The molecule has 0 aromatic heterocycles. The molecule has 6 nitrogen and oxygen atoms in total. The van der Waals surface area contributed by atoms with Gasteiger partial charge in [-0.2, -0.15) is 8.42 Å². The van der Waals surface area contributed by atoms with E-state index in [-0.39, 0.29) is 21.9 Å². The quantitative estimate of drug-likeness (QED) is 0.857. The van der Waals surface area contributed by atoms with Gasteiger partial charge in [-0.15, -0.1) is 4.40 Å². The highest BCUT2D eigenvalue weighted by Crippen LogP contribution is 2.28. The van der Waals surface area contributed by atoms with Gasteiger partial charge in [0.15, 0.2) is 5.17 Å². The third-order valence-corrected chi connectivity index (χ3v) is 4.60. The van der Waals surface area contributed by atoms with Crippen LogP contribution in [0.25, 0.3) is 0 Å². The van der Waals surface area contributed by atoms with Crippen molar-refractivity contribution in [2.24, 2.45) is 4.40 Å². The van der Waals surface area contributed by atoms with Crippen LogP contribution in [0.15, 0.2) is 33.6 Å². The van der Waals surface area contributed by atoms with Crippen LogP contribution in [0.2, 0.25) is 0 Å². The van der Waals surface area contributed by atoms with Gasteiger partial charge in [0, 0.05) is 0 Å². The van der Waals surface area contributed by atoms with Crippen LogP contribution in [0.1, 0.15) is 13.8 Å². The maximum atomic E-state index is 11.9. The van der Waals surface area contributed by atoms with Gasteiger partial charge in [-0.25, -0.2) is 0 Å². The van der Waals surface area contributed by atoms with E-state index < -0.39 is 16.0 Å². The molecule has 108 valence electrons. The molecule has 2 rings (SSSR count). The van der Waals surface area contributed by atoms with E-state index in [1.165, 1.54) is 6.07 Å². The first kappa shape index (κ1) is 14.9. The van der Waals surface area contributed by atoms with Crippen molar-refractivity contribution in [1.82, 2.24) is 0 Å². The van der Waals surface area contributed by atoms with Gasteiger partial charge in [0.1, 0.15) is 4.90 Å². The molecule has 0 saturated heterocycles. The molecule has 8 heteroatoms. The summed E-state index contributed by atoms with van der Waals surface area (Å²) in [5.74, 6) is -0.410. The summed E-state index contributed by atoms with van der Waals surface area (Å²) in [5.41, 5.74) is 0.460. The number of esters is 1. The fraction of sp³-hybridized carbons (Fsp3) is 0.333. The van der Waals surface area contributed by atoms with E-state index in [2.05, 4.69) is 9.71 Å². The fourth-order valence-electron chi connectivity index (χ4n) is 1.58. The van der Waals surface area contributed by atoms with Gasteiger partial charge in [-0.1, -0.05) is 23.9 Å². The van der Waals surface area contributed by atoms with E-state index in [0.29, 0.717) is 5.69 Å². The van der Waals surface area contributed by atoms with E-state index in [1.54, 1.807) is 32.0 Å². The molecule has 0 radical (unpaired) electrons. The summed E-state index contributed by atoms with van der Waals surface area (Å²) >= 11 is 0.999. The van der Waals surface area contributed by atoms with Crippen LogP contribution in [0.3, 0.4) is 0 Å². The molecule has 0 bridgehead atoms. The molecule has 1 heterocycles. The van der Waals surface area contributed by atoms with E-state index >= 15 is 0 Å². The number of carbonyl (C=O) groups is 1. The molecule has 0 saturated carbocycles. The van der Waals surface area contributed by atoms with E-state index in [9.17, 15) is 13.2 Å². The lowest BCUT2D eigenvalue weighted by atomic mass is 10.3. The van der Waals surface area contributed by atoms with Crippen molar-refractivity contribution in [2.45, 2.75) is 24.8 Å². The third-order valence-electron chi connectivity index (χ3n) is 2.30. The minimum Gasteiger partial charge on any atom is -0.462 e. The Kier molecular flexibility index (Phi) is 4.34. The number of ether oxygens (including phenoxy) is 1. The minimum absolute atomic E-state index is 0.00169. The van der Waals surface area contributed by atoms with Gasteiger partial charge in [0.25, 0.3) is 10.0 Å². The molecular formula is C12H14N2O4S2. The average Bonchev–Trinajstić information content (AvgIpc) is 2.35. The van der Waals surface area contributed by atoms with Gasteiger partial charge in [0.2, 0.25) is 0 Å². The van der Waals surface area contributed by atoms with Crippen LogP contribution in [0.5, 0.6) is 0 Å². The van der Waals surface area contributed by atoms with Crippen molar-refractivity contribution < 1.29 is 17.9 Å². The largest absolute Gasteiger partial charge is 0.462 e. The minimum atomic E-state index is -3.71. The van der Waals surface area contributed by atoms with E-state index in [1.807, 2.05) is 0 Å². The number of thioether (sulfide) groups is 1. The molecule has 0 amide bonds. The summed E-state index contributed by atoms with van der Waals surface area (Å²) in [5, 5.41) is 3.06. The molecule has 0 unspecified atom stereocenters. The second-order valence-electron chi connectivity index (χ2n) is 4.32. The Labute approximate surface area is 121 Å². The van der Waals surface area contributed by atoms with E-state index in [0.717, 1.165) is 11.8 Å². The third kappa shape index (κ3) is 3.51. The molecule has 1 aromatic rings. The Morgan fingerprint density at radius 2 is 2.10 bits per heavy atom. The topological polar surface area (TPSA) is 84.8 Å². The lowest BCUT2D eigenvalue weighted by Gasteiger charge is -2.17. The van der Waals surface area contributed by atoms with Crippen LogP contribution in [-0.2, 0) is 19.6 Å². The average molecular weight is 314 g/mol. The first-order valence-electron chi connectivity index (χ1n) is 5.92. The van der Waals surface area contributed by atoms with Crippen LogP contribution < -0.4 is 5.32 Å². The number of hydrogen-bond acceptors (Lipinski definition) is 6. The van der Waals surface area contributed by atoms with Crippen molar-refractivity contribution in [3.63, 3.8) is 0 Å². The zero-order valence-corrected chi connectivity index (χ0v) is 12.6. The standard InChI is InChI=1S/C12H14N2O4S2/c1-8(2)18-11(15)7-19-12-13-9-5-3-4-6-10(9)20(16,17)14-12/h3-6,8H,7H2,1-2H3,(H,13,14). The van der Waals surface area contributed by atoms with Crippen molar-refractivity contribution in [2.75, 3.05) is 11.1 Å². The van der Waals surface area contributed by atoms with Gasteiger partial charge in [-0.05, 0) is 26.0 Å².